The van der Waals surface area contributed by atoms with Crippen LogP contribution < -0.4 is 63.8 Å². The highest BCUT2D eigenvalue weighted by atomic mass is 31.2. The number of phenols is 1. The van der Waals surface area contributed by atoms with Crippen LogP contribution in [-0.2, 0) is 58.7 Å². The third-order valence-corrected chi connectivity index (χ3v) is 7.92. The first-order valence-electron chi connectivity index (χ1n) is 16.3. The number of hydrogen-bond donors (Lipinski definition) is 9. The minimum Gasteiger partial charge on any atom is -0.790 e. The normalized spacial score (nSPS) is 14.4. The summed E-state index contributed by atoms with van der Waals surface area (Å²) < 4.78 is 15.3. The molecule has 55 heavy (non-hydrogen) atoms. The third kappa shape index (κ3) is 19.3. The van der Waals surface area contributed by atoms with Crippen LogP contribution in [0.4, 0.5) is 0 Å². The Bertz CT molecular complexity index is 1620. The van der Waals surface area contributed by atoms with E-state index >= 15 is 0 Å². The molecule has 13 N–H and O–H groups in total. The molecule has 0 aromatic heterocycles. The molecule has 6 atom stereocenters. The number of benzene rings is 1. The number of phosphoric ester groups is 1. The largest absolute Gasteiger partial charge is 0.790 e. The smallest absolute Gasteiger partial charge is 0.278 e. The topological polar surface area (TPSA) is 432 Å². The molecule has 0 saturated carbocycles. The van der Waals surface area contributed by atoms with Crippen molar-refractivity contribution < 1.29 is 83.1 Å². The van der Waals surface area contributed by atoms with E-state index in [0.717, 1.165) is 6.92 Å². The van der Waals surface area contributed by atoms with Crippen molar-refractivity contribution in [2.24, 2.45) is 11.5 Å². The lowest BCUT2D eigenvalue weighted by atomic mass is 10.0. The van der Waals surface area contributed by atoms with Crippen molar-refractivity contribution in [2.45, 2.75) is 88.1 Å². The Hall–Kier alpha value is -5.68. The van der Waals surface area contributed by atoms with Gasteiger partial charge in [0.2, 0.25) is 35.4 Å². The lowest BCUT2D eigenvalue weighted by molar-refractivity contribution is -0.405. The molecular formula is C30H42N8O16P-3. The zero-order chi connectivity index (χ0) is 42.0. The maximum atomic E-state index is 13.4. The van der Waals surface area contributed by atoms with Crippen LogP contribution in [-0.4, -0.2) is 101 Å². The number of quaternary nitrogens is 1. The van der Waals surface area contributed by atoms with Gasteiger partial charge in [0, 0.05) is 25.2 Å². The van der Waals surface area contributed by atoms with Gasteiger partial charge >= 0.3 is 0 Å². The maximum absolute atomic E-state index is 13.4. The standard InChI is InChI=1S/C30H45N8O16P/c1-14(34-26(45)17(31)6-9-22(32)40)25(44)38-21(13-54-55(51,52)53)29(48)36-18(7-10-23(33)41)27(46)35-19(8-11-24(42)43)28(47)37-20(30(49)50)12-15-2-4-16(39)5-3-15/h2-5,14,17-21,39H,6-13,31H2,1H3,(H2,32,40)(H2,33,41)(H,34,45)(H,35,46)(H,36,48)(H,37,47)(H,38,44)(H,42,43)(H,49,50)(H2,51,52,53)/p-3/t14-,17-,18-,19-,20-,21-/m0/s1. The fourth-order valence-electron chi connectivity index (χ4n) is 4.45. The summed E-state index contributed by atoms with van der Waals surface area (Å²) >= 11 is 0. The number of aliphatic carboxylic acids is 2. The summed E-state index contributed by atoms with van der Waals surface area (Å²) in [4.78, 5) is 133. The van der Waals surface area contributed by atoms with E-state index in [1.165, 1.54) is 24.3 Å². The summed E-state index contributed by atoms with van der Waals surface area (Å²) in [5.41, 5.74) is 14.1. The summed E-state index contributed by atoms with van der Waals surface area (Å²) in [6.07, 6.45) is -3.44. The maximum Gasteiger partial charge on any atom is 0.278 e. The van der Waals surface area contributed by atoms with E-state index in [1.54, 1.807) is 0 Å². The fraction of sp³-hybridized carbons (Fsp3) is 0.500. The molecule has 0 bridgehead atoms. The Kier molecular flexibility index (Phi) is 19.4. The number of carboxylic acid groups (broad SMARTS) is 2. The van der Waals surface area contributed by atoms with Crippen molar-refractivity contribution in [1.82, 2.24) is 26.6 Å². The van der Waals surface area contributed by atoms with Crippen molar-refractivity contribution in [2.75, 3.05) is 6.61 Å². The molecule has 0 fully saturated rings. The lowest BCUT2D eigenvalue weighted by Gasteiger charge is -2.31. The molecule has 24 nitrogen and oxygen atoms in total. The van der Waals surface area contributed by atoms with Crippen LogP contribution in [0.5, 0.6) is 5.75 Å². The second-order valence-electron chi connectivity index (χ2n) is 12.0. The van der Waals surface area contributed by atoms with Gasteiger partial charge < -0.3 is 87.6 Å². The van der Waals surface area contributed by atoms with Crippen LogP contribution in [0, 0.1) is 0 Å². The van der Waals surface area contributed by atoms with Gasteiger partial charge in [-0.1, -0.05) is 12.1 Å². The summed E-state index contributed by atoms with van der Waals surface area (Å²) in [7, 11) is -5.79. The van der Waals surface area contributed by atoms with E-state index in [4.69, 9.17) is 11.5 Å². The molecule has 0 saturated heterocycles. The summed E-state index contributed by atoms with van der Waals surface area (Å²) in [6.45, 7) is -0.210. The van der Waals surface area contributed by atoms with Gasteiger partial charge in [-0.2, -0.15) is 0 Å². The predicted molar refractivity (Wildman–Crippen MR) is 173 cm³/mol. The Morgan fingerprint density at radius 1 is 0.709 bits per heavy atom. The number of rotatable bonds is 25. The number of hydrogen-bond acceptors (Lipinski definition) is 16. The third-order valence-electron chi connectivity index (χ3n) is 7.45. The number of nitrogens with two attached hydrogens (primary N) is 2. The van der Waals surface area contributed by atoms with Gasteiger partial charge in [-0.15, -0.1) is 0 Å². The van der Waals surface area contributed by atoms with Gasteiger partial charge in [-0.05, 0) is 50.3 Å². The van der Waals surface area contributed by atoms with Crippen LogP contribution >= 0.6 is 7.82 Å². The molecular weight excluding hydrogens is 759 g/mol. The Labute approximate surface area is 312 Å². The van der Waals surface area contributed by atoms with E-state index in [0.29, 0.717) is 5.56 Å². The van der Waals surface area contributed by atoms with E-state index in [9.17, 15) is 72.8 Å². The van der Waals surface area contributed by atoms with Gasteiger partial charge in [-0.25, -0.2) is 0 Å². The van der Waals surface area contributed by atoms with Crippen LogP contribution in [0.15, 0.2) is 24.3 Å². The number of aromatic hydroxyl groups is 1. The van der Waals surface area contributed by atoms with Crippen molar-refractivity contribution in [3.63, 3.8) is 0 Å². The Balaban J connectivity index is 3.28. The highest BCUT2D eigenvalue weighted by Gasteiger charge is 2.32. The quantitative estimate of drug-likeness (QED) is 0.0415. The van der Waals surface area contributed by atoms with Crippen LogP contribution in [0.1, 0.15) is 51.0 Å². The van der Waals surface area contributed by atoms with Crippen molar-refractivity contribution in [3.8, 4) is 5.75 Å². The molecule has 1 rings (SSSR count). The van der Waals surface area contributed by atoms with Gasteiger partial charge in [-0.3, -0.25) is 33.6 Å². The first-order chi connectivity index (χ1) is 25.5. The van der Waals surface area contributed by atoms with Gasteiger partial charge in [0.25, 0.3) is 5.91 Å². The van der Waals surface area contributed by atoms with E-state index in [-0.39, 0.29) is 25.0 Å². The van der Waals surface area contributed by atoms with Crippen LogP contribution in [0.3, 0.4) is 0 Å². The van der Waals surface area contributed by atoms with E-state index in [1.807, 2.05) is 5.32 Å². The summed E-state index contributed by atoms with van der Waals surface area (Å²) in [6, 6.07) is -4.85. The monoisotopic (exact) mass is 801 g/mol. The summed E-state index contributed by atoms with van der Waals surface area (Å²) in [5, 5.41) is 43.1. The summed E-state index contributed by atoms with van der Waals surface area (Å²) in [5.74, 6) is -11.2. The molecule has 0 aliphatic carbocycles. The van der Waals surface area contributed by atoms with Crippen LogP contribution in [0.25, 0.3) is 0 Å². The SMILES string of the molecule is C[C@H](NC(=O)[C@@H]([NH3+])CCC(N)=O)C(=O)N[C@@H](COP(=O)([O-])[O-])C(=O)N[C@@H](CCC(N)=O)C(=O)N[C@@H](CCC(=O)[O-])C(=O)N[C@@H](Cc1ccc(O)cc1)C(=O)[O-]. The molecule has 1 aromatic rings. The average molecular weight is 802 g/mol. The zero-order valence-electron chi connectivity index (χ0n) is 29.3. The van der Waals surface area contributed by atoms with Gasteiger partial charge in [0.05, 0.1) is 26.4 Å². The number of nitrogens with one attached hydrogen (secondary N) is 5. The second-order valence-corrected chi connectivity index (χ2v) is 13.2. The molecule has 0 aliphatic rings. The number of carbonyl (C=O) groups excluding carboxylic acids is 9. The van der Waals surface area contributed by atoms with Gasteiger partial charge in [0.1, 0.15) is 29.9 Å². The number of carboxylic acids is 2. The number of primary amides is 2. The number of carbonyl (C=O) groups is 9. The molecule has 25 heteroatoms. The van der Waals surface area contributed by atoms with E-state index < -0.39 is 130 Å². The number of phosphoric acid groups is 1. The molecule has 7 amide bonds. The lowest BCUT2D eigenvalue weighted by Crippen LogP contribution is -2.69. The average Bonchev–Trinajstić information content (AvgIpc) is 3.08. The Morgan fingerprint density at radius 3 is 1.64 bits per heavy atom. The second kappa shape index (κ2) is 22.5. The van der Waals surface area contributed by atoms with Gasteiger partial charge in [0.15, 0.2) is 6.04 Å². The molecule has 0 unspecified atom stereocenters. The highest BCUT2D eigenvalue weighted by molar-refractivity contribution is 7.43. The molecule has 1 aromatic carbocycles. The van der Waals surface area contributed by atoms with Crippen LogP contribution in [0.2, 0.25) is 0 Å². The number of amides is 7. The minimum atomic E-state index is -5.79. The van der Waals surface area contributed by atoms with E-state index in [2.05, 4.69) is 31.5 Å². The molecule has 0 spiro atoms. The molecule has 0 heterocycles. The first-order valence-corrected chi connectivity index (χ1v) is 17.7. The molecule has 0 radical (unpaired) electrons. The fourth-order valence-corrected chi connectivity index (χ4v) is 4.79. The minimum absolute atomic E-state index is 0.0850. The van der Waals surface area contributed by atoms with Crippen molar-refractivity contribution >= 4 is 61.1 Å². The zero-order valence-corrected chi connectivity index (χ0v) is 30.2. The first kappa shape index (κ1) is 47.3. The molecule has 306 valence electrons. The highest BCUT2D eigenvalue weighted by Crippen LogP contribution is 2.24. The molecule has 0 aliphatic heterocycles. The van der Waals surface area contributed by atoms with Crippen molar-refractivity contribution in [3.05, 3.63) is 29.8 Å². The predicted octanol–water partition coefficient (Wildman–Crippen LogP) is -9.35. The number of phenolic OH excluding ortho intramolecular Hbond substituents is 1. The Morgan fingerprint density at radius 2 is 1.16 bits per heavy atom. The van der Waals surface area contributed by atoms with Crippen molar-refractivity contribution in [1.29, 1.82) is 0 Å².